The molecule has 0 N–H and O–H groups in total. The maximum atomic E-state index is 5.98. The summed E-state index contributed by atoms with van der Waals surface area (Å²) in [5.41, 5.74) is 7.67. The van der Waals surface area contributed by atoms with Crippen LogP contribution >= 0.6 is 11.6 Å². The van der Waals surface area contributed by atoms with Gasteiger partial charge in [-0.3, -0.25) is 0 Å². The summed E-state index contributed by atoms with van der Waals surface area (Å²) in [4.78, 5) is 0. The Labute approximate surface area is 162 Å². The zero-order valence-electron chi connectivity index (χ0n) is 15.9. The summed E-state index contributed by atoms with van der Waals surface area (Å²) in [5.74, 6) is 0. The molecule has 132 valence electrons. The molecule has 0 saturated heterocycles. The summed E-state index contributed by atoms with van der Waals surface area (Å²) >= 11 is 5.98. The molecule has 0 radical (unpaired) electrons. The van der Waals surface area contributed by atoms with Gasteiger partial charge in [-0.2, -0.15) is 0 Å². The molecule has 26 heavy (non-hydrogen) atoms. The summed E-state index contributed by atoms with van der Waals surface area (Å²) in [6.07, 6.45) is 4.36. The third kappa shape index (κ3) is 4.45. The van der Waals surface area contributed by atoms with E-state index in [0.29, 0.717) is 0 Å². The zero-order valence-corrected chi connectivity index (χ0v) is 16.6. The van der Waals surface area contributed by atoms with Crippen molar-refractivity contribution in [2.75, 3.05) is 0 Å². The molecular formula is C25H25Cl. The molecule has 3 aromatic carbocycles. The van der Waals surface area contributed by atoms with Crippen molar-refractivity contribution in [1.29, 1.82) is 0 Å². The van der Waals surface area contributed by atoms with Gasteiger partial charge in [0.05, 0.1) is 0 Å². The number of aryl methyl sites for hydroxylation is 1. The predicted octanol–water partition coefficient (Wildman–Crippen LogP) is 7.78. The molecule has 0 unspecified atom stereocenters. The van der Waals surface area contributed by atoms with Crippen LogP contribution in [-0.4, -0.2) is 0 Å². The highest BCUT2D eigenvalue weighted by atomic mass is 35.5. The summed E-state index contributed by atoms with van der Waals surface area (Å²) in [6, 6.07) is 23.4. The van der Waals surface area contributed by atoms with Gasteiger partial charge in [0.1, 0.15) is 0 Å². The third-order valence-electron chi connectivity index (χ3n) is 4.68. The first-order valence-electron chi connectivity index (χ1n) is 8.98. The van der Waals surface area contributed by atoms with Crippen LogP contribution in [0, 0.1) is 6.92 Å². The molecule has 0 spiro atoms. The first kappa shape index (κ1) is 18.5. The van der Waals surface area contributed by atoms with Gasteiger partial charge in [-0.1, -0.05) is 99.1 Å². The largest absolute Gasteiger partial charge is 0.0843 e. The molecule has 3 aromatic rings. The quantitative estimate of drug-likeness (QED) is 0.418. The van der Waals surface area contributed by atoms with E-state index in [1.165, 1.54) is 33.4 Å². The molecule has 0 aliphatic rings. The number of hydrogen-bond donors (Lipinski definition) is 0. The molecule has 1 heteroatoms. The van der Waals surface area contributed by atoms with E-state index in [0.717, 1.165) is 5.02 Å². The fourth-order valence-corrected chi connectivity index (χ4v) is 3.09. The second-order valence-corrected chi connectivity index (χ2v) is 8.22. The van der Waals surface area contributed by atoms with Gasteiger partial charge >= 0.3 is 0 Å². The summed E-state index contributed by atoms with van der Waals surface area (Å²) in [6.45, 7) is 8.87. The van der Waals surface area contributed by atoms with Gasteiger partial charge in [-0.25, -0.2) is 0 Å². The smallest absolute Gasteiger partial charge is 0.0406 e. The van der Waals surface area contributed by atoms with Gasteiger partial charge in [0.15, 0.2) is 0 Å². The van der Waals surface area contributed by atoms with Crippen molar-refractivity contribution in [3.63, 3.8) is 0 Å². The number of benzene rings is 3. The van der Waals surface area contributed by atoms with Crippen LogP contribution in [0.25, 0.3) is 23.3 Å². The van der Waals surface area contributed by atoms with Crippen molar-refractivity contribution in [3.8, 4) is 11.1 Å². The molecule has 0 nitrogen and oxygen atoms in total. The average Bonchev–Trinajstić information content (AvgIpc) is 2.61. The van der Waals surface area contributed by atoms with E-state index in [1.807, 2.05) is 12.1 Å². The lowest BCUT2D eigenvalue weighted by Gasteiger charge is -2.18. The van der Waals surface area contributed by atoms with Crippen molar-refractivity contribution >= 4 is 23.8 Å². The minimum atomic E-state index is 0.191. The molecule has 0 saturated carbocycles. The molecule has 0 amide bonds. The Kier molecular flexibility index (Phi) is 5.34. The summed E-state index contributed by atoms with van der Waals surface area (Å²) in [7, 11) is 0. The molecule has 0 heterocycles. The Morgan fingerprint density at radius 2 is 1.35 bits per heavy atom. The highest BCUT2D eigenvalue weighted by molar-refractivity contribution is 6.30. The zero-order chi connectivity index (χ0) is 18.7. The van der Waals surface area contributed by atoms with Crippen LogP contribution in [0.5, 0.6) is 0 Å². The number of hydrogen-bond acceptors (Lipinski definition) is 0. The van der Waals surface area contributed by atoms with Crippen molar-refractivity contribution in [2.24, 2.45) is 0 Å². The maximum absolute atomic E-state index is 5.98. The van der Waals surface area contributed by atoms with Gasteiger partial charge in [-0.05, 0) is 57.9 Å². The second kappa shape index (κ2) is 7.51. The van der Waals surface area contributed by atoms with Crippen LogP contribution in [0.4, 0.5) is 0 Å². The van der Waals surface area contributed by atoms with E-state index in [4.69, 9.17) is 11.6 Å². The lowest BCUT2D eigenvalue weighted by molar-refractivity contribution is 0.590. The fraction of sp³-hybridized carbons (Fsp3) is 0.200. The normalized spacial score (nSPS) is 11.9. The number of halogens is 1. The second-order valence-electron chi connectivity index (χ2n) is 7.78. The first-order chi connectivity index (χ1) is 12.3. The summed E-state index contributed by atoms with van der Waals surface area (Å²) in [5, 5.41) is 0.766. The minimum Gasteiger partial charge on any atom is -0.0843 e. The molecule has 0 aliphatic heterocycles. The van der Waals surface area contributed by atoms with Crippen LogP contribution < -0.4 is 0 Å². The van der Waals surface area contributed by atoms with E-state index >= 15 is 0 Å². The molecule has 0 aliphatic carbocycles. The lowest BCUT2D eigenvalue weighted by atomic mass is 9.86. The lowest BCUT2D eigenvalue weighted by Crippen LogP contribution is -2.10. The van der Waals surface area contributed by atoms with Crippen LogP contribution in [0.15, 0.2) is 66.7 Å². The van der Waals surface area contributed by atoms with E-state index in [9.17, 15) is 0 Å². The Bertz CT molecular complexity index is 908. The first-order valence-corrected chi connectivity index (χ1v) is 9.36. The Morgan fingerprint density at radius 3 is 1.92 bits per heavy atom. The van der Waals surface area contributed by atoms with Gasteiger partial charge < -0.3 is 0 Å². The average molecular weight is 361 g/mol. The SMILES string of the molecule is Cc1cc(-c2ccc(Cl)cc2)ccc1/C=C/c1ccc(C(C)(C)C)cc1. The fourth-order valence-electron chi connectivity index (χ4n) is 2.96. The molecule has 0 atom stereocenters. The highest BCUT2D eigenvalue weighted by Crippen LogP contribution is 2.26. The Hall–Kier alpha value is -2.31. The van der Waals surface area contributed by atoms with Gasteiger partial charge in [-0.15, -0.1) is 0 Å². The predicted molar refractivity (Wildman–Crippen MR) is 116 cm³/mol. The standard InChI is InChI=1S/C25H25Cl/c1-18-17-22(21-11-15-24(26)16-12-21)10-9-20(18)8-5-19-6-13-23(14-7-19)25(2,3)4/h5-17H,1-4H3/b8-5+. The Balaban J connectivity index is 1.79. The van der Waals surface area contributed by atoms with Gasteiger partial charge in [0.2, 0.25) is 0 Å². The Morgan fingerprint density at radius 1 is 0.731 bits per heavy atom. The molecule has 0 bridgehead atoms. The van der Waals surface area contributed by atoms with Crippen molar-refractivity contribution in [1.82, 2.24) is 0 Å². The van der Waals surface area contributed by atoms with E-state index < -0.39 is 0 Å². The van der Waals surface area contributed by atoms with E-state index in [1.54, 1.807) is 0 Å². The highest BCUT2D eigenvalue weighted by Gasteiger charge is 2.12. The van der Waals surface area contributed by atoms with Crippen LogP contribution in [0.1, 0.15) is 43.0 Å². The monoisotopic (exact) mass is 360 g/mol. The maximum Gasteiger partial charge on any atom is 0.0406 e. The van der Waals surface area contributed by atoms with Crippen LogP contribution in [-0.2, 0) is 5.41 Å². The molecule has 3 rings (SSSR count). The minimum absolute atomic E-state index is 0.191. The molecular weight excluding hydrogens is 336 g/mol. The third-order valence-corrected chi connectivity index (χ3v) is 4.93. The van der Waals surface area contributed by atoms with Gasteiger partial charge in [0.25, 0.3) is 0 Å². The van der Waals surface area contributed by atoms with Crippen molar-refractivity contribution in [2.45, 2.75) is 33.1 Å². The summed E-state index contributed by atoms with van der Waals surface area (Å²) < 4.78 is 0. The molecule has 0 aromatic heterocycles. The van der Waals surface area contributed by atoms with Crippen molar-refractivity contribution in [3.05, 3.63) is 94.0 Å². The van der Waals surface area contributed by atoms with E-state index in [2.05, 4.69) is 94.4 Å². The van der Waals surface area contributed by atoms with E-state index in [-0.39, 0.29) is 5.41 Å². The topological polar surface area (TPSA) is 0 Å². The number of rotatable bonds is 3. The van der Waals surface area contributed by atoms with Crippen LogP contribution in [0.2, 0.25) is 5.02 Å². The van der Waals surface area contributed by atoms with Crippen LogP contribution in [0.3, 0.4) is 0 Å². The van der Waals surface area contributed by atoms with Crippen molar-refractivity contribution < 1.29 is 0 Å². The van der Waals surface area contributed by atoms with Gasteiger partial charge in [0, 0.05) is 5.02 Å². The molecule has 0 fully saturated rings.